The summed E-state index contributed by atoms with van der Waals surface area (Å²) in [5, 5.41) is 6.27. The predicted octanol–water partition coefficient (Wildman–Crippen LogP) is 3.60. The minimum atomic E-state index is -0.241. The maximum atomic E-state index is 12.2. The number of carbonyl (C=O) groups excluding carboxylic acids is 2. The molecule has 2 N–H and O–H groups in total. The molecular formula is C22H28N4O3. The average molecular weight is 396 g/mol. The molecule has 1 aromatic carbocycles. The Morgan fingerprint density at radius 2 is 1.86 bits per heavy atom. The van der Waals surface area contributed by atoms with Crippen molar-refractivity contribution in [2.24, 2.45) is 0 Å². The number of ether oxygens (including phenoxy) is 1. The number of carbonyl (C=O) groups is 2. The summed E-state index contributed by atoms with van der Waals surface area (Å²) in [6.45, 7) is 5.57. The van der Waals surface area contributed by atoms with Crippen molar-refractivity contribution < 1.29 is 14.3 Å². The Morgan fingerprint density at radius 1 is 1.14 bits per heavy atom. The number of nitrogens with zero attached hydrogens (tertiary/aromatic N) is 2. The van der Waals surface area contributed by atoms with Gasteiger partial charge in [0.15, 0.2) is 0 Å². The topological polar surface area (TPSA) is 83.6 Å². The van der Waals surface area contributed by atoms with E-state index < -0.39 is 0 Å². The molecule has 7 nitrogen and oxygen atoms in total. The third-order valence-corrected chi connectivity index (χ3v) is 4.91. The second-order valence-electron chi connectivity index (χ2n) is 7.25. The van der Waals surface area contributed by atoms with Gasteiger partial charge in [0.25, 0.3) is 0 Å². The summed E-state index contributed by atoms with van der Waals surface area (Å²) in [5.41, 5.74) is 2.83. The fourth-order valence-electron chi connectivity index (χ4n) is 3.28. The molecule has 1 saturated heterocycles. The van der Waals surface area contributed by atoms with Crippen LogP contribution in [0.25, 0.3) is 0 Å². The molecule has 29 heavy (non-hydrogen) atoms. The molecule has 0 unspecified atom stereocenters. The predicted molar refractivity (Wildman–Crippen MR) is 113 cm³/mol. The molecule has 1 aliphatic heterocycles. The van der Waals surface area contributed by atoms with Crippen molar-refractivity contribution in [1.29, 1.82) is 0 Å². The van der Waals surface area contributed by atoms with Crippen LogP contribution < -0.4 is 10.6 Å². The quantitative estimate of drug-likeness (QED) is 0.779. The zero-order chi connectivity index (χ0) is 20.6. The highest BCUT2D eigenvalue weighted by atomic mass is 16.6. The van der Waals surface area contributed by atoms with Crippen LogP contribution in [0, 0.1) is 6.92 Å². The van der Waals surface area contributed by atoms with Crippen molar-refractivity contribution >= 4 is 23.5 Å². The Bertz CT molecular complexity index is 813. The molecule has 1 aliphatic rings. The largest absolute Gasteiger partial charge is 0.450 e. The zero-order valence-corrected chi connectivity index (χ0v) is 17.0. The molecule has 2 aromatic rings. The van der Waals surface area contributed by atoms with Gasteiger partial charge in [-0.2, -0.15) is 0 Å². The van der Waals surface area contributed by atoms with Crippen LogP contribution in [-0.4, -0.2) is 47.6 Å². The van der Waals surface area contributed by atoms with Gasteiger partial charge in [0, 0.05) is 19.1 Å². The van der Waals surface area contributed by atoms with E-state index in [0.29, 0.717) is 31.8 Å². The van der Waals surface area contributed by atoms with Crippen molar-refractivity contribution in [1.82, 2.24) is 9.88 Å². The second kappa shape index (κ2) is 9.91. The summed E-state index contributed by atoms with van der Waals surface area (Å²) in [7, 11) is 0. The lowest BCUT2D eigenvalue weighted by atomic mass is 10.1. The first-order valence-electron chi connectivity index (χ1n) is 10.0. The Morgan fingerprint density at radius 3 is 2.48 bits per heavy atom. The van der Waals surface area contributed by atoms with Crippen molar-refractivity contribution in [3.05, 3.63) is 53.7 Å². The van der Waals surface area contributed by atoms with Crippen LogP contribution in [0.5, 0.6) is 0 Å². The lowest BCUT2D eigenvalue weighted by Gasteiger charge is -2.31. The zero-order valence-electron chi connectivity index (χ0n) is 17.0. The Labute approximate surface area is 171 Å². The number of pyridine rings is 1. The van der Waals surface area contributed by atoms with Crippen molar-refractivity contribution in [3.8, 4) is 0 Å². The molecule has 7 heteroatoms. The minimum Gasteiger partial charge on any atom is -0.450 e. The number of nitrogens with one attached hydrogen (secondary N) is 2. The minimum absolute atomic E-state index is 0.0669. The van der Waals surface area contributed by atoms with Crippen LogP contribution >= 0.6 is 0 Å². The van der Waals surface area contributed by atoms with E-state index in [1.54, 1.807) is 11.1 Å². The van der Waals surface area contributed by atoms with E-state index in [2.05, 4.69) is 15.6 Å². The van der Waals surface area contributed by atoms with Gasteiger partial charge in [-0.1, -0.05) is 29.8 Å². The summed E-state index contributed by atoms with van der Waals surface area (Å²) in [4.78, 5) is 30.1. The molecule has 2 amide bonds. The first kappa shape index (κ1) is 20.6. The molecule has 154 valence electrons. The number of anilines is 2. The van der Waals surface area contributed by atoms with Crippen LogP contribution in [0.3, 0.4) is 0 Å². The van der Waals surface area contributed by atoms with Crippen molar-refractivity contribution in [2.75, 3.05) is 30.3 Å². The molecule has 0 radical (unpaired) electrons. The van der Waals surface area contributed by atoms with E-state index in [0.717, 1.165) is 24.2 Å². The highest BCUT2D eigenvalue weighted by molar-refractivity contribution is 5.92. The number of hydrogen-bond acceptors (Lipinski definition) is 5. The molecule has 1 fully saturated rings. The van der Waals surface area contributed by atoms with Gasteiger partial charge in [0.05, 0.1) is 24.9 Å². The van der Waals surface area contributed by atoms with Gasteiger partial charge in [-0.25, -0.2) is 9.78 Å². The van der Waals surface area contributed by atoms with Gasteiger partial charge in [0.1, 0.15) is 5.82 Å². The number of benzene rings is 1. The van der Waals surface area contributed by atoms with E-state index in [4.69, 9.17) is 4.74 Å². The molecule has 0 bridgehead atoms. The number of amides is 2. The van der Waals surface area contributed by atoms with Gasteiger partial charge in [0.2, 0.25) is 5.91 Å². The fourth-order valence-corrected chi connectivity index (χ4v) is 3.28. The number of hydrogen-bond donors (Lipinski definition) is 2. The van der Waals surface area contributed by atoms with Crippen molar-refractivity contribution in [2.45, 2.75) is 39.2 Å². The van der Waals surface area contributed by atoms with Gasteiger partial charge in [-0.3, -0.25) is 4.79 Å². The summed E-state index contributed by atoms with van der Waals surface area (Å²) in [6.07, 6.45) is 3.43. The highest BCUT2D eigenvalue weighted by Gasteiger charge is 2.23. The smallest absolute Gasteiger partial charge is 0.409 e. The first-order valence-corrected chi connectivity index (χ1v) is 10.0. The van der Waals surface area contributed by atoms with Gasteiger partial charge < -0.3 is 20.3 Å². The van der Waals surface area contributed by atoms with E-state index in [1.807, 2.05) is 50.2 Å². The van der Waals surface area contributed by atoms with Crippen LogP contribution in [0.4, 0.5) is 16.3 Å². The summed E-state index contributed by atoms with van der Waals surface area (Å²) in [6, 6.07) is 11.9. The maximum Gasteiger partial charge on any atom is 0.409 e. The molecule has 3 rings (SSSR count). The SMILES string of the molecule is CCOC(=O)N1CCC(Nc2ccc(NC(=O)Cc3ccc(C)cc3)cn2)CC1. The number of aromatic nitrogens is 1. The first-order chi connectivity index (χ1) is 14.0. The van der Waals surface area contributed by atoms with Gasteiger partial charge in [-0.15, -0.1) is 0 Å². The van der Waals surface area contributed by atoms with E-state index >= 15 is 0 Å². The van der Waals surface area contributed by atoms with E-state index in [-0.39, 0.29) is 18.0 Å². The normalized spacial score (nSPS) is 14.3. The van der Waals surface area contributed by atoms with Crippen LogP contribution in [0.15, 0.2) is 42.6 Å². The summed E-state index contributed by atoms with van der Waals surface area (Å²) >= 11 is 0. The summed E-state index contributed by atoms with van der Waals surface area (Å²) in [5.74, 6) is 0.693. The standard InChI is InChI=1S/C22H28N4O3/c1-3-29-22(28)26-12-10-18(11-13-26)24-20-9-8-19(15-23-20)25-21(27)14-17-6-4-16(2)5-7-17/h4-9,15,18H,3,10-14H2,1-2H3,(H,23,24)(H,25,27). The average Bonchev–Trinajstić information content (AvgIpc) is 2.72. The van der Waals surface area contributed by atoms with Crippen LogP contribution in [0.1, 0.15) is 30.9 Å². The monoisotopic (exact) mass is 396 g/mol. The molecule has 0 atom stereocenters. The molecule has 0 spiro atoms. The fraction of sp³-hybridized carbons (Fsp3) is 0.409. The van der Waals surface area contributed by atoms with Gasteiger partial charge in [-0.05, 0) is 44.4 Å². The molecule has 2 heterocycles. The molecular weight excluding hydrogens is 368 g/mol. The lowest BCUT2D eigenvalue weighted by molar-refractivity contribution is -0.115. The highest BCUT2D eigenvalue weighted by Crippen LogP contribution is 2.17. The van der Waals surface area contributed by atoms with Gasteiger partial charge >= 0.3 is 6.09 Å². The third-order valence-electron chi connectivity index (χ3n) is 4.91. The third kappa shape index (κ3) is 6.20. The van der Waals surface area contributed by atoms with Crippen LogP contribution in [0.2, 0.25) is 0 Å². The second-order valence-corrected chi connectivity index (χ2v) is 7.25. The molecule has 0 saturated carbocycles. The lowest BCUT2D eigenvalue weighted by Crippen LogP contribution is -2.42. The van der Waals surface area contributed by atoms with Crippen LogP contribution in [-0.2, 0) is 16.0 Å². The number of rotatable bonds is 6. The Balaban J connectivity index is 1.45. The Hall–Kier alpha value is -3.09. The molecule has 1 aromatic heterocycles. The Kier molecular flexibility index (Phi) is 7.05. The molecule has 0 aliphatic carbocycles. The maximum absolute atomic E-state index is 12.2. The number of likely N-dealkylation sites (tertiary alicyclic amines) is 1. The number of aryl methyl sites for hydroxylation is 1. The van der Waals surface area contributed by atoms with E-state index in [9.17, 15) is 9.59 Å². The van der Waals surface area contributed by atoms with Crippen molar-refractivity contribution in [3.63, 3.8) is 0 Å². The summed E-state index contributed by atoms with van der Waals surface area (Å²) < 4.78 is 5.04. The van der Waals surface area contributed by atoms with E-state index in [1.165, 1.54) is 5.56 Å². The number of piperidine rings is 1.